The number of hydrogen-bond donors (Lipinski definition) is 1. The van der Waals surface area contributed by atoms with Crippen LogP contribution in [0.5, 0.6) is 0 Å². The predicted octanol–water partition coefficient (Wildman–Crippen LogP) is 4.79. The lowest BCUT2D eigenvalue weighted by Crippen LogP contribution is -2.03. The van der Waals surface area contributed by atoms with Gasteiger partial charge in [-0.15, -0.1) is 0 Å². The summed E-state index contributed by atoms with van der Waals surface area (Å²) >= 11 is 9.59. The first-order valence-corrected chi connectivity index (χ1v) is 7.81. The molecule has 0 aliphatic heterocycles. The minimum absolute atomic E-state index is 0.351. The minimum Gasteiger partial charge on any atom is -0.374 e. The van der Waals surface area contributed by atoms with E-state index in [4.69, 9.17) is 16.3 Å². The normalized spacial score (nSPS) is 10.7. The highest BCUT2D eigenvalue weighted by atomic mass is 79.9. The van der Waals surface area contributed by atoms with E-state index >= 15 is 0 Å². The average molecular weight is 371 g/mol. The molecule has 2 rings (SSSR count). The molecule has 6 heteroatoms. The van der Waals surface area contributed by atoms with Crippen LogP contribution in [0.25, 0.3) is 0 Å². The predicted molar refractivity (Wildman–Crippen MR) is 89.3 cm³/mol. The summed E-state index contributed by atoms with van der Waals surface area (Å²) in [6.45, 7) is 7.00. The smallest absolute Gasteiger partial charge is 0.158 e. The van der Waals surface area contributed by atoms with E-state index in [0.717, 1.165) is 21.3 Å². The van der Waals surface area contributed by atoms with Crippen molar-refractivity contribution in [2.24, 2.45) is 0 Å². The molecule has 1 aromatic carbocycles. The first-order chi connectivity index (χ1) is 9.99. The van der Waals surface area contributed by atoms with Gasteiger partial charge in [-0.1, -0.05) is 27.5 Å². The molecule has 0 atom stereocenters. The second-order valence-electron chi connectivity index (χ2n) is 4.68. The van der Waals surface area contributed by atoms with Crippen molar-refractivity contribution >= 4 is 39.0 Å². The lowest BCUT2D eigenvalue weighted by Gasteiger charge is -2.11. The number of benzene rings is 1. The molecule has 0 spiro atoms. The summed E-state index contributed by atoms with van der Waals surface area (Å²) < 4.78 is 6.43. The zero-order valence-electron chi connectivity index (χ0n) is 12.2. The Labute approximate surface area is 138 Å². The molecular weight excluding hydrogens is 354 g/mol. The Balaban J connectivity index is 2.24. The number of nitrogens with zero attached hydrogens (tertiary/aromatic N) is 2. The fourth-order valence-electron chi connectivity index (χ4n) is 1.95. The van der Waals surface area contributed by atoms with Gasteiger partial charge in [-0.25, -0.2) is 9.97 Å². The number of nitrogens with one attached hydrogen (secondary N) is 1. The number of aromatic nitrogens is 2. The molecular formula is C15H17BrClN3O. The zero-order chi connectivity index (χ0) is 15.4. The summed E-state index contributed by atoms with van der Waals surface area (Å²) in [6, 6.07) is 5.80. The molecule has 1 N–H and O–H groups in total. The van der Waals surface area contributed by atoms with E-state index in [1.165, 1.54) is 0 Å². The number of anilines is 2. The third kappa shape index (κ3) is 4.40. The number of rotatable bonds is 5. The Morgan fingerprint density at radius 1 is 1.19 bits per heavy atom. The van der Waals surface area contributed by atoms with Crippen LogP contribution in [0.4, 0.5) is 11.5 Å². The fraction of sp³-hybridized carbons (Fsp3) is 0.333. The number of ether oxygens (including phenoxy) is 1. The van der Waals surface area contributed by atoms with Gasteiger partial charge in [0.25, 0.3) is 0 Å². The molecule has 4 nitrogen and oxygen atoms in total. The van der Waals surface area contributed by atoms with Crippen LogP contribution in [0, 0.1) is 13.8 Å². The van der Waals surface area contributed by atoms with Crippen LogP contribution in [-0.4, -0.2) is 16.6 Å². The van der Waals surface area contributed by atoms with Crippen LogP contribution in [-0.2, 0) is 11.3 Å². The molecule has 112 valence electrons. The monoisotopic (exact) mass is 369 g/mol. The van der Waals surface area contributed by atoms with E-state index in [1.807, 2.05) is 6.92 Å². The molecule has 1 aromatic heterocycles. The number of aryl methyl sites for hydroxylation is 2. The van der Waals surface area contributed by atoms with E-state index in [-0.39, 0.29) is 0 Å². The quantitative estimate of drug-likeness (QED) is 0.769. The van der Waals surface area contributed by atoms with E-state index in [2.05, 4.69) is 57.2 Å². The van der Waals surface area contributed by atoms with Crippen molar-refractivity contribution < 1.29 is 4.74 Å². The Kier molecular flexibility index (Phi) is 5.56. The van der Waals surface area contributed by atoms with Crippen LogP contribution >= 0.6 is 27.5 Å². The second kappa shape index (κ2) is 7.20. The second-order valence-corrected chi connectivity index (χ2v) is 5.86. The molecule has 0 saturated heterocycles. The summed E-state index contributed by atoms with van der Waals surface area (Å²) in [7, 11) is 0. The van der Waals surface area contributed by atoms with Crippen LogP contribution < -0.4 is 5.32 Å². The maximum absolute atomic E-state index is 6.03. The van der Waals surface area contributed by atoms with Crippen LogP contribution in [0.15, 0.2) is 22.7 Å². The highest BCUT2D eigenvalue weighted by molar-refractivity contribution is 9.10. The lowest BCUT2D eigenvalue weighted by molar-refractivity contribution is 0.128. The van der Waals surface area contributed by atoms with E-state index < -0.39 is 0 Å². The summed E-state index contributed by atoms with van der Waals surface area (Å²) in [5.41, 5.74) is 3.28. The van der Waals surface area contributed by atoms with Crippen molar-refractivity contribution in [1.82, 2.24) is 9.97 Å². The van der Waals surface area contributed by atoms with Crippen molar-refractivity contribution in [2.45, 2.75) is 27.4 Å². The third-order valence-electron chi connectivity index (χ3n) is 2.89. The van der Waals surface area contributed by atoms with Crippen molar-refractivity contribution in [1.29, 1.82) is 0 Å². The van der Waals surface area contributed by atoms with Crippen LogP contribution in [0.3, 0.4) is 0 Å². The summed E-state index contributed by atoms with van der Waals surface area (Å²) in [4.78, 5) is 8.55. The molecule has 0 unspecified atom stereocenters. The van der Waals surface area contributed by atoms with Gasteiger partial charge in [0.05, 0.1) is 0 Å². The van der Waals surface area contributed by atoms with Gasteiger partial charge in [0.2, 0.25) is 0 Å². The average Bonchev–Trinajstić information content (AvgIpc) is 2.42. The summed E-state index contributed by atoms with van der Waals surface area (Å²) in [5, 5.41) is 3.65. The van der Waals surface area contributed by atoms with Gasteiger partial charge < -0.3 is 10.1 Å². The summed E-state index contributed by atoms with van der Waals surface area (Å²) in [5.74, 6) is 1.23. The molecule has 0 amide bonds. The molecule has 2 aromatic rings. The standard InChI is InChI=1S/C15H17BrClN3O/c1-4-21-8-14-19-12(17)7-13(20-14)18-11-5-9(2)15(16)10(3)6-11/h5-7H,4,8H2,1-3H3,(H,18,19,20). The van der Waals surface area contributed by atoms with Crippen LogP contribution in [0.2, 0.25) is 5.15 Å². The van der Waals surface area contributed by atoms with Gasteiger partial charge in [0.1, 0.15) is 17.6 Å². The van der Waals surface area contributed by atoms with Crippen molar-refractivity contribution in [2.75, 3.05) is 11.9 Å². The van der Waals surface area contributed by atoms with Gasteiger partial charge in [0.15, 0.2) is 5.82 Å². The molecule has 1 heterocycles. The van der Waals surface area contributed by atoms with Gasteiger partial charge >= 0.3 is 0 Å². The molecule has 0 radical (unpaired) electrons. The summed E-state index contributed by atoms with van der Waals surface area (Å²) in [6.07, 6.45) is 0. The topological polar surface area (TPSA) is 47.0 Å². The Morgan fingerprint density at radius 2 is 1.86 bits per heavy atom. The Morgan fingerprint density at radius 3 is 2.48 bits per heavy atom. The van der Waals surface area contributed by atoms with Gasteiger partial charge in [-0.05, 0) is 44.0 Å². The van der Waals surface area contributed by atoms with E-state index in [1.54, 1.807) is 6.07 Å². The Bertz CT molecular complexity index is 626. The molecule has 0 bridgehead atoms. The molecule has 0 aliphatic rings. The number of halogens is 2. The Hall–Kier alpha value is -1.17. The molecule has 0 aliphatic carbocycles. The molecule has 0 saturated carbocycles. The third-order valence-corrected chi connectivity index (χ3v) is 4.33. The van der Waals surface area contributed by atoms with E-state index in [0.29, 0.717) is 30.0 Å². The van der Waals surface area contributed by atoms with Gasteiger partial charge in [0, 0.05) is 22.8 Å². The first-order valence-electron chi connectivity index (χ1n) is 6.64. The minimum atomic E-state index is 0.351. The van der Waals surface area contributed by atoms with Crippen molar-refractivity contribution in [3.8, 4) is 0 Å². The molecule has 21 heavy (non-hydrogen) atoms. The number of hydrogen-bond acceptors (Lipinski definition) is 4. The maximum atomic E-state index is 6.03. The maximum Gasteiger partial charge on any atom is 0.158 e. The van der Waals surface area contributed by atoms with Gasteiger partial charge in [-0.3, -0.25) is 0 Å². The highest BCUT2D eigenvalue weighted by Gasteiger charge is 2.06. The van der Waals surface area contributed by atoms with Gasteiger partial charge in [-0.2, -0.15) is 0 Å². The SMILES string of the molecule is CCOCc1nc(Cl)cc(Nc2cc(C)c(Br)c(C)c2)n1. The van der Waals surface area contributed by atoms with E-state index in [9.17, 15) is 0 Å². The van der Waals surface area contributed by atoms with Crippen molar-refractivity contribution in [3.05, 3.63) is 44.8 Å². The zero-order valence-corrected chi connectivity index (χ0v) is 14.5. The lowest BCUT2D eigenvalue weighted by atomic mass is 10.1. The fourth-order valence-corrected chi connectivity index (χ4v) is 2.38. The van der Waals surface area contributed by atoms with Crippen LogP contribution in [0.1, 0.15) is 23.9 Å². The molecule has 0 fully saturated rings. The first kappa shape index (κ1) is 16.2. The highest BCUT2D eigenvalue weighted by Crippen LogP contribution is 2.27. The largest absolute Gasteiger partial charge is 0.374 e. The van der Waals surface area contributed by atoms with Crippen molar-refractivity contribution in [3.63, 3.8) is 0 Å².